The Morgan fingerprint density at radius 1 is 1.36 bits per heavy atom. The minimum absolute atomic E-state index is 0.221. The van der Waals surface area contributed by atoms with Crippen molar-refractivity contribution in [2.24, 2.45) is 11.5 Å². The molecule has 1 unspecified atom stereocenters. The first-order valence-electron chi connectivity index (χ1n) is 4.35. The summed E-state index contributed by atoms with van der Waals surface area (Å²) in [6.45, 7) is 0.390. The predicted octanol–water partition coefficient (Wildman–Crippen LogP) is 2.15. The van der Waals surface area contributed by atoms with Gasteiger partial charge in [-0.15, -0.1) is 0 Å². The number of hydrogen-bond acceptors (Lipinski definition) is 3. The number of furan rings is 1. The van der Waals surface area contributed by atoms with Crippen LogP contribution in [0.25, 0.3) is 11.0 Å². The zero-order chi connectivity index (χ0) is 10.1. The van der Waals surface area contributed by atoms with Crippen molar-refractivity contribution in [1.29, 1.82) is 0 Å². The number of halogens is 1. The van der Waals surface area contributed by atoms with Crippen molar-refractivity contribution in [3.63, 3.8) is 0 Å². The molecule has 2 aromatic rings. The Labute approximate surface area is 90.2 Å². The van der Waals surface area contributed by atoms with Gasteiger partial charge >= 0.3 is 0 Å². The van der Waals surface area contributed by atoms with Crippen LogP contribution < -0.4 is 11.5 Å². The highest BCUT2D eigenvalue weighted by molar-refractivity contribution is 9.10. The van der Waals surface area contributed by atoms with E-state index in [9.17, 15) is 0 Å². The summed E-state index contributed by atoms with van der Waals surface area (Å²) in [6.07, 6.45) is 0. The maximum absolute atomic E-state index is 5.77. The van der Waals surface area contributed by atoms with Crippen molar-refractivity contribution in [3.05, 3.63) is 34.5 Å². The van der Waals surface area contributed by atoms with Crippen LogP contribution in [-0.2, 0) is 0 Å². The second-order valence-corrected chi connectivity index (χ2v) is 4.09. The normalized spacial score (nSPS) is 13.4. The molecule has 1 aromatic carbocycles. The Balaban J connectivity index is 2.51. The summed E-state index contributed by atoms with van der Waals surface area (Å²) < 4.78 is 6.58. The first-order valence-corrected chi connectivity index (χ1v) is 5.14. The molecule has 0 saturated carbocycles. The summed E-state index contributed by atoms with van der Waals surface area (Å²) in [4.78, 5) is 0. The minimum Gasteiger partial charge on any atom is -0.459 e. The number of hydrogen-bond donors (Lipinski definition) is 2. The fourth-order valence-electron chi connectivity index (χ4n) is 1.33. The number of nitrogens with two attached hydrogens (primary N) is 2. The first kappa shape index (κ1) is 9.71. The Hall–Kier alpha value is -0.840. The van der Waals surface area contributed by atoms with Crippen LogP contribution in [-0.4, -0.2) is 6.54 Å². The zero-order valence-corrected chi connectivity index (χ0v) is 9.12. The van der Waals surface area contributed by atoms with E-state index in [4.69, 9.17) is 15.9 Å². The van der Waals surface area contributed by atoms with Crippen LogP contribution in [0.15, 0.2) is 33.2 Å². The maximum Gasteiger partial charge on any atom is 0.134 e. The van der Waals surface area contributed by atoms with E-state index >= 15 is 0 Å². The molecule has 1 aromatic heterocycles. The van der Waals surface area contributed by atoms with Crippen molar-refractivity contribution < 1.29 is 4.42 Å². The van der Waals surface area contributed by atoms with Gasteiger partial charge in [0.1, 0.15) is 11.3 Å². The number of rotatable bonds is 2. The summed E-state index contributed by atoms with van der Waals surface area (Å²) in [5, 5.41) is 1.04. The van der Waals surface area contributed by atoms with Gasteiger partial charge in [-0.05, 0) is 24.3 Å². The fourth-order valence-corrected chi connectivity index (χ4v) is 1.71. The molecule has 0 aliphatic rings. The SMILES string of the molecule is NCC(N)c1cc2cc(Br)ccc2o1. The molecule has 0 spiro atoms. The molecule has 4 heteroatoms. The highest BCUT2D eigenvalue weighted by atomic mass is 79.9. The monoisotopic (exact) mass is 254 g/mol. The largest absolute Gasteiger partial charge is 0.459 e. The van der Waals surface area contributed by atoms with Crippen LogP contribution in [0.3, 0.4) is 0 Å². The maximum atomic E-state index is 5.77. The van der Waals surface area contributed by atoms with Crippen molar-refractivity contribution in [2.75, 3.05) is 6.54 Å². The standard InChI is InChI=1S/C10H11BrN2O/c11-7-1-2-9-6(3-7)4-10(14-9)8(13)5-12/h1-4,8H,5,12-13H2. The smallest absolute Gasteiger partial charge is 0.134 e. The third kappa shape index (κ3) is 1.68. The topological polar surface area (TPSA) is 65.2 Å². The predicted molar refractivity (Wildman–Crippen MR) is 59.9 cm³/mol. The van der Waals surface area contributed by atoms with Crippen LogP contribution in [0.4, 0.5) is 0 Å². The third-order valence-corrected chi connectivity index (χ3v) is 2.61. The average Bonchev–Trinajstić information content (AvgIpc) is 2.59. The Morgan fingerprint density at radius 3 is 2.86 bits per heavy atom. The van der Waals surface area contributed by atoms with Gasteiger partial charge in [0.2, 0.25) is 0 Å². The van der Waals surface area contributed by atoms with E-state index in [0.717, 1.165) is 21.2 Å². The summed E-state index contributed by atoms with van der Waals surface area (Å²) in [7, 11) is 0. The van der Waals surface area contributed by atoms with Gasteiger partial charge in [0.15, 0.2) is 0 Å². The lowest BCUT2D eigenvalue weighted by Gasteiger charge is -2.02. The summed E-state index contributed by atoms with van der Waals surface area (Å²) in [6, 6.07) is 7.54. The molecule has 0 bridgehead atoms. The zero-order valence-electron chi connectivity index (χ0n) is 7.53. The van der Waals surface area contributed by atoms with Crippen LogP contribution in [0, 0.1) is 0 Å². The van der Waals surface area contributed by atoms with Gasteiger partial charge in [-0.2, -0.15) is 0 Å². The minimum atomic E-state index is -0.221. The highest BCUT2D eigenvalue weighted by Crippen LogP contribution is 2.25. The van der Waals surface area contributed by atoms with Gasteiger partial charge in [0, 0.05) is 16.4 Å². The molecule has 4 N–H and O–H groups in total. The van der Waals surface area contributed by atoms with Crippen molar-refractivity contribution in [2.45, 2.75) is 6.04 Å². The molecule has 0 amide bonds. The molecule has 3 nitrogen and oxygen atoms in total. The molecule has 0 radical (unpaired) electrons. The van der Waals surface area contributed by atoms with Crippen molar-refractivity contribution in [3.8, 4) is 0 Å². The first-order chi connectivity index (χ1) is 6.70. The molecular weight excluding hydrogens is 244 g/mol. The molecule has 2 rings (SSSR count). The van der Waals surface area contributed by atoms with Gasteiger partial charge in [-0.1, -0.05) is 15.9 Å². The Morgan fingerprint density at radius 2 is 2.14 bits per heavy atom. The second kappa shape index (κ2) is 3.73. The van der Waals surface area contributed by atoms with Crippen LogP contribution in [0.1, 0.15) is 11.8 Å². The molecular formula is C10H11BrN2O. The quantitative estimate of drug-likeness (QED) is 0.864. The van der Waals surface area contributed by atoms with E-state index in [0.29, 0.717) is 6.54 Å². The van der Waals surface area contributed by atoms with Gasteiger partial charge < -0.3 is 15.9 Å². The average molecular weight is 255 g/mol. The summed E-state index contributed by atoms with van der Waals surface area (Å²) in [5.74, 6) is 0.737. The lowest BCUT2D eigenvalue weighted by Crippen LogP contribution is -2.19. The van der Waals surface area contributed by atoms with E-state index in [2.05, 4.69) is 15.9 Å². The highest BCUT2D eigenvalue weighted by Gasteiger charge is 2.09. The molecule has 0 aliphatic heterocycles. The molecule has 74 valence electrons. The van der Waals surface area contributed by atoms with Gasteiger partial charge in [-0.3, -0.25) is 0 Å². The van der Waals surface area contributed by atoms with E-state index < -0.39 is 0 Å². The molecule has 14 heavy (non-hydrogen) atoms. The fraction of sp³-hybridized carbons (Fsp3) is 0.200. The van der Waals surface area contributed by atoms with Gasteiger partial charge in [0.05, 0.1) is 6.04 Å². The molecule has 1 atom stereocenters. The van der Waals surface area contributed by atoms with Crippen molar-refractivity contribution >= 4 is 26.9 Å². The molecule has 1 heterocycles. The lowest BCUT2D eigenvalue weighted by atomic mass is 10.2. The third-order valence-electron chi connectivity index (χ3n) is 2.12. The summed E-state index contributed by atoms with van der Waals surface area (Å²) >= 11 is 3.40. The molecule has 0 fully saturated rings. The second-order valence-electron chi connectivity index (χ2n) is 3.17. The van der Waals surface area contributed by atoms with Crippen LogP contribution >= 0.6 is 15.9 Å². The lowest BCUT2D eigenvalue weighted by molar-refractivity contribution is 0.500. The van der Waals surface area contributed by atoms with E-state index in [1.165, 1.54) is 0 Å². The van der Waals surface area contributed by atoms with E-state index in [-0.39, 0.29) is 6.04 Å². The van der Waals surface area contributed by atoms with Crippen LogP contribution in [0.5, 0.6) is 0 Å². The van der Waals surface area contributed by atoms with E-state index in [1.807, 2.05) is 24.3 Å². The molecule has 0 aliphatic carbocycles. The van der Waals surface area contributed by atoms with Crippen molar-refractivity contribution in [1.82, 2.24) is 0 Å². The Kier molecular flexibility index (Phi) is 2.58. The van der Waals surface area contributed by atoms with E-state index in [1.54, 1.807) is 0 Å². The number of fused-ring (bicyclic) bond motifs is 1. The van der Waals surface area contributed by atoms with Gasteiger partial charge in [-0.25, -0.2) is 0 Å². The van der Waals surface area contributed by atoms with Crippen LogP contribution in [0.2, 0.25) is 0 Å². The van der Waals surface area contributed by atoms with Gasteiger partial charge in [0.25, 0.3) is 0 Å². The molecule has 0 saturated heterocycles. The Bertz CT molecular complexity index is 452. The number of benzene rings is 1. The summed E-state index contributed by atoms with van der Waals surface area (Å²) in [5.41, 5.74) is 12.1.